The quantitative estimate of drug-likeness (QED) is 0.503. The van der Waals surface area contributed by atoms with Crippen molar-refractivity contribution in [3.8, 4) is 0 Å². The van der Waals surface area contributed by atoms with Crippen molar-refractivity contribution in [1.29, 1.82) is 0 Å². The average molecular weight is 379 g/mol. The number of hydrogen-bond donors (Lipinski definition) is 0. The molecule has 2 aromatic carbocycles. The van der Waals surface area contributed by atoms with Crippen molar-refractivity contribution < 1.29 is 14.3 Å². The number of carbonyl (C=O) groups excluding carboxylic acids is 2. The van der Waals surface area contributed by atoms with Gasteiger partial charge in [0, 0.05) is 5.92 Å². The Morgan fingerprint density at radius 2 is 1.71 bits per heavy atom. The summed E-state index contributed by atoms with van der Waals surface area (Å²) in [6.07, 6.45) is 4.19. The van der Waals surface area contributed by atoms with Crippen LogP contribution < -0.4 is 0 Å². The summed E-state index contributed by atoms with van der Waals surface area (Å²) in [4.78, 5) is 25.1. The van der Waals surface area contributed by atoms with Gasteiger partial charge in [0.2, 0.25) is 0 Å². The zero-order chi connectivity index (χ0) is 20.6. The molecule has 3 heteroatoms. The summed E-state index contributed by atoms with van der Waals surface area (Å²) < 4.78 is 5.47. The van der Waals surface area contributed by atoms with Crippen LogP contribution in [0.4, 0.5) is 0 Å². The molecule has 0 saturated carbocycles. The molecule has 2 atom stereocenters. The zero-order valence-corrected chi connectivity index (χ0v) is 17.1. The van der Waals surface area contributed by atoms with Crippen molar-refractivity contribution in [2.75, 3.05) is 6.61 Å². The van der Waals surface area contributed by atoms with Gasteiger partial charge in [-0.2, -0.15) is 0 Å². The van der Waals surface area contributed by atoms with E-state index >= 15 is 0 Å². The first-order chi connectivity index (χ1) is 13.5. The van der Waals surface area contributed by atoms with Gasteiger partial charge in [-0.1, -0.05) is 67.6 Å². The van der Waals surface area contributed by atoms with Gasteiger partial charge in [-0.25, -0.2) is 0 Å². The molecule has 1 aliphatic carbocycles. The third-order valence-corrected chi connectivity index (χ3v) is 5.27. The molecule has 0 radical (unpaired) electrons. The molecule has 1 aliphatic rings. The minimum absolute atomic E-state index is 0.146. The van der Waals surface area contributed by atoms with Gasteiger partial charge in [0.25, 0.3) is 0 Å². The molecule has 0 amide bonds. The van der Waals surface area contributed by atoms with Gasteiger partial charge in [0.1, 0.15) is 11.2 Å². The number of allylic oxidation sites excluding steroid dienone is 1. The minimum atomic E-state index is -0.834. The van der Waals surface area contributed by atoms with E-state index in [4.69, 9.17) is 4.74 Å². The molecule has 0 aromatic heterocycles. The van der Waals surface area contributed by atoms with Crippen LogP contribution >= 0.6 is 0 Å². The molecule has 0 N–H and O–H groups in total. The number of esters is 1. The van der Waals surface area contributed by atoms with Gasteiger partial charge >= 0.3 is 5.97 Å². The second kappa shape index (κ2) is 10.0. The van der Waals surface area contributed by atoms with Gasteiger partial charge in [0.15, 0.2) is 0 Å². The third kappa shape index (κ3) is 4.24. The average Bonchev–Trinajstić information content (AvgIpc) is 2.73. The first-order valence-electron chi connectivity index (χ1n) is 9.96. The van der Waals surface area contributed by atoms with Crippen molar-refractivity contribution in [1.82, 2.24) is 0 Å². The molecule has 2 aromatic rings. The Morgan fingerprint density at radius 1 is 1.11 bits per heavy atom. The molecule has 28 heavy (non-hydrogen) atoms. The van der Waals surface area contributed by atoms with Gasteiger partial charge in [0.05, 0.1) is 6.61 Å². The summed E-state index contributed by atoms with van der Waals surface area (Å²) >= 11 is 0. The fourth-order valence-electron chi connectivity index (χ4n) is 3.87. The summed E-state index contributed by atoms with van der Waals surface area (Å²) in [5, 5.41) is 0. The van der Waals surface area contributed by atoms with E-state index < -0.39 is 5.41 Å². The summed E-state index contributed by atoms with van der Waals surface area (Å²) in [6.45, 7) is 9.33. The Labute approximate surface area is 168 Å². The highest BCUT2D eigenvalue weighted by atomic mass is 16.5. The molecule has 3 nitrogen and oxygen atoms in total. The molecular weight excluding hydrogens is 348 g/mol. The van der Waals surface area contributed by atoms with Crippen LogP contribution in [-0.2, 0) is 19.7 Å². The predicted octanol–water partition coefficient (Wildman–Crippen LogP) is 5.58. The molecule has 3 rings (SSSR count). The number of carbonyl (C=O) groups is 2. The van der Waals surface area contributed by atoms with Crippen LogP contribution in [-0.4, -0.2) is 18.4 Å². The second-order valence-electron chi connectivity index (χ2n) is 6.98. The van der Waals surface area contributed by atoms with Crippen LogP contribution in [0.5, 0.6) is 0 Å². The van der Waals surface area contributed by atoms with E-state index in [2.05, 4.69) is 13.5 Å². The van der Waals surface area contributed by atoms with Crippen molar-refractivity contribution in [2.45, 2.75) is 51.4 Å². The smallest absolute Gasteiger partial charge is 0.321 e. The van der Waals surface area contributed by atoms with Crippen LogP contribution in [0, 0.1) is 0 Å². The lowest BCUT2D eigenvalue weighted by atomic mass is 9.62. The molecule has 0 spiro atoms. The lowest BCUT2D eigenvalue weighted by Crippen LogP contribution is -2.43. The Bertz CT molecular complexity index is 810. The van der Waals surface area contributed by atoms with E-state index in [0.29, 0.717) is 19.4 Å². The summed E-state index contributed by atoms with van der Waals surface area (Å²) in [5.74, 6) is -0.230. The third-order valence-electron chi connectivity index (χ3n) is 5.27. The number of ether oxygens (including phenoxy) is 1. The Balaban J connectivity index is 0.000000640. The number of Topliss-reactive ketones (excluding diaryl/α,β-unsaturated/α-hetero) is 1. The maximum Gasteiger partial charge on any atom is 0.321 e. The molecule has 0 fully saturated rings. The highest BCUT2D eigenvalue weighted by Gasteiger charge is 2.48. The monoisotopic (exact) mass is 378 g/mol. The fourth-order valence-corrected chi connectivity index (χ4v) is 3.87. The highest BCUT2D eigenvalue weighted by molar-refractivity contribution is 5.91. The maximum absolute atomic E-state index is 13.1. The van der Waals surface area contributed by atoms with Crippen LogP contribution in [0.3, 0.4) is 0 Å². The fraction of sp³-hybridized carbons (Fsp3) is 0.360. The van der Waals surface area contributed by atoms with E-state index in [1.54, 1.807) is 6.92 Å². The number of fused-ring (bicyclic) bond motifs is 1. The number of hydrogen-bond acceptors (Lipinski definition) is 3. The first-order valence-corrected chi connectivity index (χ1v) is 9.96. The van der Waals surface area contributed by atoms with Crippen LogP contribution in [0.2, 0.25) is 0 Å². The maximum atomic E-state index is 13.1. The van der Waals surface area contributed by atoms with Crippen LogP contribution in [0.25, 0.3) is 0 Å². The van der Waals surface area contributed by atoms with E-state index in [9.17, 15) is 9.59 Å². The van der Waals surface area contributed by atoms with E-state index in [0.717, 1.165) is 23.1 Å². The lowest BCUT2D eigenvalue weighted by molar-refractivity contribution is -0.149. The van der Waals surface area contributed by atoms with Crippen LogP contribution in [0.15, 0.2) is 67.3 Å². The first kappa shape index (κ1) is 21.6. The molecule has 0 saturated heterocycles. The summed E-state index contributed by atoms with van der Waals surface area (Å²) in [5.41, 5.74) is 1.95. The van der Waals surface area contributed by atoms with Crippen molar-refractivity contribution in [2.24, 2.45) is 0 Å². The molecule has 0 heterocycles. The second-order valence-corrected chi connectivity index (χ2v) is 6.98. The van der Waals surface area contributed by atoms with Crippen molar-refractivity contribution in [3.05, 3.63) is 83.9 Å². The van der Waals surface area contributed by atoms with Gasteiger partial charge in [-0.15, -0.1) is 6.58 Å². The largest absolute Gasteiger partial charge is 0.465 e. The minimum Gasteiger partial charge on any atom is -0.465 e. The Morgan fingerprint density at radius 3 is 2.29 bits per heavy atom. The van der Waals surface area contributed by atoms with E-state index in [1.165, 1.54) is 0 Å². The Hall–Kier alpha value is -2.68. The van der Waals surface area contributed by atoms with Gasteiger partial charge in [-0.3, -0.25) is 9.59 Å². The topological polar surface area (TPSA) is 43.4 Å². The number of ketones is 1. The lowest BCUT2D eigenvalue weighted by Gasteiger charge is -2.40. The van der Waals surface area contributed by atoms with E-state index in [-0.39, 0.29) is 17.7 Å². The standard InChI is InChI=1S/C21H22O3.C4H8/c1-3-24-20(23)21(16-9-5-4-6-10-16)14-13-17(15(2)22)18-11-7-8-12-19(18)21;1-3-4-2/h4-12,17H,3,13-14H2,1-2H3;3H,1,4H2,2H3/t17-,21?;/m0./s1. The Kier molecular flexibility index (Phi) is 7.74. The van der Waals surface area contributed by atoms with Crippen molar-refractivity contribution in [3.63, 3.8) is 0 Å². The number of rotatable bonds is 5. The zero-order valence-electron chi connectivity index (χ0n) is 17.1. The highest BCUT2D eigenvalue weighted by Crippen LogP contribution is 2.47. The normalized spacial score (nSPS) is 20.2. The summed E-state index contributed by atoms with van der Waals surface area (Å²) in [6, 6.07) is 17.6. The van der Waals surface area contributed by atoms with Crippen molar-refractivity contribution >= 4 is 11.8 Å². The molecule has 1 unspecified atom stereocenters. The van der Waals surface area contributed by atoms with Gasteiger partial charge in [-0.05, 0) is 49.8 Å². The van der Waals surface area contributed by atoms with E-state index in [1.807, 2.05) is 67.6 Å². The molecule has 0 aliphatic heterocycles. The molecular formula is C25H30O3. The van der Waals surface area contributed by atoms with Gasteiger partial charge < -0.3 is 4.74 Å². The summed E-state index contributed by atoms with van der Waals surface area (Å²) in [7, 11) is 0. The van der Waals surface area contributed by atoms with Crippen LogP contribution in [0.1, 0.15) is 62.6 Å². The number of benzene rings is 2. The molecule has 0 bridgehead atoms. The SMILES string of the molecule is C=CCC.CCOC(=O)C1(c2ccccc2)CC[C@@H](C(C)=O)c2ccccc21. The molecule has 148 valence electrons. The predicted molar refractivity (Wildman–Crippen MR) is 113 cm³/mol.